The number of hydrogen-bond donors (Lipinski definition) is 1. The van der Waals surface area contributed by atoms with Crippen LogP contribution in [0.4, 0.5) is 0 Å². The Morgan fingerprint density at radius 1 is 1.16 bits per heavy atom. The van der Waals surface area contributed by atoms with Crippen LogP contribution in [0, 0.1) is 6.92 Å². The fourth-order valence-electron chi connectivity index (χ4n) is 4.84. The summed E-state index contributed by atoms with van der Waals surface area (Å²) in [5, 5.41) is 10.5. The number of hydrogen-bond acceptors (Lipinski definition) is 6. The molecule has 0 aliphatic carbocycles. The van der Waals surface area contributed by atoms with E-state index in [0.717, 1.165) is 48.2 Å². The van der Waals surface area contributed by atoms with E-state index in [1.54, 1.807) is 42.7 Å². The van der Waals surface area contributed by atoms with E-state index in [4.69, 9.17) is 4.98 Å². The Kier molecular flexibility index (Phi) is 5.27. The molecule has 1 N–H and O–H groups in total. The van der Waals surface area contributed by atoms with Gasteiger partial charge in [0.05, 0.1) is 22.7 Å². The van der Waals surface area contributed by atoms with Gasteiger partial charge in [0.1, 0.15) is 11.3 Å². The molecule has 9 heteroatoms. The molecule has 0 bridgehead atoms. The Bertz CT molecular complexity index is 1370. The number of nitrogens with zero attached hydrogens (tertiary/aromatic N) is 5. The molecule has 3 aromatic heterocycles. The average Bonchev–Trinajstić information content (AvgIpc) is 3.35. The maximum atomic E-state index is 13.2. The summed E-state index contributed by atoms with van der Waals surface area (Å²) in [6.45, 7) is 6.31. The molecule has 0 spiro atoms. The monoisotopic (exact) mass is 453 g/mol. The Labute approximate surface area is 187 Å². The molecule has 32 heavy (non-hydrogen) atoms. The maximum Gasteiger partial charge on any atom is 0.269 e. The molecule has 1 unspecified atom stereocenters. The lowest BCUT2D eigenvalue weighted by Crippen LogP contribution is -2.38. The summed E-state index contributed by atoms with van der Waals surface area (Å²) in [5.74, 6) is 0.905. The highest BCUT2D eigenvalue weighted by Crippen LogP contribution is 2.33. The van der Waals surface area contributed by atoms with Crippen molar-refractivity contribution in [3.8, 4) is 0 Å². The van der Waals surface area contributed by atoms with Crippen LogP contribution in [0.25, 0.3) is 22.1 Å². The Morgan fingerprint density at radius 2 is 1.88 bits per heavy atom. The van der Waals surface area contributed by atoms with Gasteiger partial charge in [-0.1, -0.05) is 18.2 Å². The molecular formula is C23H27N5O3S. The van der Waals surface area contributed by atoms with Crippen LogP contribution < -0.4 is 0 Å². The molecule has 8 nitrogen and oxygen atoms in total. The van der Waals surface area contributed by atoms with Gasteiger partial charge in [0, 0.05) is 37.3 Å². The summed E-state index contributed by atoms with van der Waals surface area (Å²) in [6, 6.07) is 10.5. The molecule has 1 atom stereocenters. The zero-order valence-electron chi connectivity index (χ0n) is 18.2. The number of β-amino-alcohol motifs (C(OH)–C–C–N with tert-alkyl or cyclic N) is 1. The molecule has 1 saturated heterocycles. The van der Waals surface area contributed by atoms with Gasteiger partial charge >= 0.3 is 0 Å². The first-order valence-corrected chi connectivity index (χ1v) is 12.4. The molecule has 1 aromatic carbocycles. The summed E-state index contributed by atoms with van der Waals surface area (Å²) in [5.41, 5.74) is 2.12. The first-order chi connectivity index (χ1) is 15.4. The van der Waals surface area contributed by atoms with Crippen LogP contribution in [-0.4, -0.2) is 62.7 Å². The van der Waals surface area contributed by atoms with Gasteiger partial charge in [-0.05, 0) is 44.9 Å². The van der Waals surface area contributed by atoms with Gasteiger partial charge in [0.2, 0.25) is 0 Å². The number of likely N-dealkylation sites (tertiary alicyclic amines) is 1. The van der Waals surface area contributed by atoms with Gasteiger partial charge in [-0.2, -0.15) is 0 Å². The molecule has 0 saturated carbocycles. The molecule has 0 amide bonds. The van der Waals surface area contributed by atoms with Crippen LogP contribution >= 0.6 is 0 Å². The third-order valence-corrected chi connectivity index (χ3v) is 7.93. The standard InChI is InChI=1S/C23H27N5O3S/c1-16(29)15-26-11-8-18(9-12-26)28-17(2)25-21-14-24-23-20(22(21)28)10-13-27(23)32(30,31)19-6-4-3-5-7-19/h3-7,10,13-14,16,18,29H,8-9,11-12,15H2,1-2H3. The normalized spacial score (nSPS) is 17.3. The van der Waals surface area contributed by atoms with E-state index in [1.165, 1.54) is 3.97 Å². The molecular weight excluding hydrogens is 426 g/mol. The lowest BCUT2D eigenvalue weighted by atomic mass is 10.0. The van der Waals surface area contributed by atoms with Crippen molar-refractivity contribution in [1.29, 1.82) is 0 Å². The van der Waals surface area contributed by atoms with Gasteiger partial charge in [-0.3, -0.25) is 0 Å². The van der Waals surface area contributed by atoms with Crippen LogP contribution in [0.2, 0.25) is 0 Å². The van der Waals surface area contributed by atoms with Crippen molar-refractivity contribution in [3.05, 3.63) is 54.6 Å². The molecule has 1 aliphatic rings. The zero-order chi connectivity index (χ0) is 22.5. The fraction of sp³-hybridized carbons (Fsp3) is 0.391. The van der Waals surface area contributed by atoms with Crippen molar-refractivity contribution in [2.75, 3.05) is 19.6 Å². The predicted octanol–water partition coefficient (Wildman–Crippen LogP) is 2.95. The molecule has 4 heterocycles. The van der Waals surface area contributed by atoms with Gasteiger partial charge in [0.25, 0.3) is 10.0 Å². The van der Waals surface area contributed by atoms with Gasteiger partial charge in [0.15, 0.2) is 5.65 Å². The minimum atomic E-state index is -3.75. The average molecular weight is 454 g/mol. The molecule has 0 radical (unpaired) electrons. The largest absolute Gasteiger partial charge is 0.392 e. The van der Waals surface area contributed by atoms with E-state index in [9.17, 15) is 13.5 Å². The van der Waals surface area contributed by atoms with Crippen LogP contribution in [0.5, 0.6) is 0 Å². The van der Waals surface area contributed by atoms with Gasteiger partial charge < -0.3 is 14.6 Å². The van der Waals surface area contributed by atoms with E-state index in [2.05, 4.69) is 14.5 Å². The summed E-state index contributed by atoms with van der Waals surface area (Å²) in [4.78, 5) is 11.7. The number of imidazole rings is 1. The minimum Gasteiger partial charge on any atom is -0.392 e. The van der Waals surface area contributed by atoms with Gasteiger partial charge in [-0.15, -0.1) is 0 Å². The van der Waals surface area contributed by atoms with Crippen molar-refractivity contribution in [3.63, 3.8) is 0 Å². The number of aryl methyl sites for hydroxylation is 1. The predicted molar refractivity (Wildman–Crippen MR) is 123 cm³/mol. The van der Waals surface area contributed by atoms with Crippen molar-refractivity contribution in [2.45, 2.75) is 43.7 Å². The Balaban J connectivity index is 1.58. The van der Waals surface area contributed by atoms with Crippen molar-refractivity contribution in [1.82, 2.24) is 23.4 Å². The minimum absolute atomic E-state index is 0.231. The maximum absolute atomic E-state index is 13.2. The highest BCUT2D eigenvalue weighted by molar-refractivity contribution is 7.90. The lowest BCUT2D eigenvalue weighted by Gasteiger charge is -2.34. The summed E-state index contributed by atoms with van der Waals surface area (Å²) in [6.07, 6.45) is 4.81. The van der Waals surface area contributed by atoms with E-state index in [-0.39, 0.29) is 17.0 Å². The van der Waals surface area contributed by atoms with Gasteiger partial charge in [-0.25, -0.2) is 22.4 Å². The number of fused-ring (bicyclic) bond motifs is 3. The Hall–Kier alpha value is -2.75. The summed E-state index contributed by atoms with van der Waals surface area (Å²) < 4.78 is 30.0. The topological polar surface area (TPSA) is 93.2 Å². The second-order valence-electron chi connectivity index (χ2n) is 8.57. The second kappa shape index (κ2) is 7.99. The number of aliphatic hydroxyl groups is 1. The number of rotatable bonds is 5. The summed E-state index contributed by atoms with van der Waals surface area (Å²) in [7, 11) is -3.75. The third kappa shape index (κ3) is 3.50. The zero-order valence-corrected chi connectivity index (χ0v) is 19.0. The molecule has 168 valence electrons. The van der Waals surface area contributed by atoms with E-state index >= 15 is 0 Å². The van der Waals surface area contributed by atoms with E-state index < -0.39 is 10.0 Å². The number of benzene rings is 1. The van der Waals surface area contributed by atoms with E-state index in [0.29, 0.717) is 12.2 Å². The highest BCUT2D eigenvalue weighted by Gasteiger charge is 2.27. The van der Waals surface area contributed by atoms with Crippen LogP contribution in [0.1, 0.15) is 31.6 Å². The first-order valence-electron chi connectivity index (χ1n) is 10.9. The lowest BCUT2D eigenvalue weighted by molar-refractivity contribution is 0.102. The quantitative estimate of drug-likeness (QED) is 0.499. The molecule has 1 aliphatic heterocycles. The molecule has 5 rings (SSSR count). The third-order valence-electron chi connectivity index (χ3n) is 6.25. The number of piperidine rings is 1. The second-order valence-corrected chi connectivity index (χ2v) is 10.4. The smallest absolute Gasteiger partial charge is 0.269 e. The van der Waals surface area contributed by atoms with E-state index in [1.807, 2.05) is 19.9 Å². The first kappa shape index (κ1) is 21.1. The van der Waals surface area contributed by atoms with Crippen LogP contribution in [0.15, 0.2) is 53.7 Å². The molecule has 4 aromatic rings. The SMILES string of the molecule is Cc1nc2cnc3c(ccn3S(=O)(=O)c3ccccc3)c2n1C1CCN(CC(C)O)CC1. The molecule has 1 fully saturated rings. The number of aliphatic hydroxyl groups excluding tert-OH is 1. The van der Waals surface area contributed by atoms with Crippen LogP contribution in [-0.2, 0) is 10.0 Å². The summed E-state index contributed by atoms with van der Waals surface area (Å²) >= 11 is 0. The van der Waals surface area contributed by atoms with Crippen molar-refractivity contribution < 1.29 is 13.5 Å². The number of pyridine rings is 1. The Morgan fingerprint density at radius 3 is 2.56 bits per heavy atom. The van der Waals surface area contributed by atoms with Crippen LogP contribution in [0.3, 0.4) is 0 Å². The van der Waals surface area contributed by atoms with Crippen molar-refractivity contribution in [2.24, 2.45) is 0 Å². The number of aromatic nitrogens is 4. The fourth-order valence-corrected chi connectivity index (χ4v) is 6.17. The highest BCUT2D eigenvalue weighted by atomic mass is 32.2. The van der Waals surface area contributed by atoms with Crippen molar-refractivity contribution >= 4 is 32.1 Å².